The number of anilines is 1. The van der Waals surface area contributed by atoms with Crippen molar-refractivity contribution >= 4 is 11.6 Å². The van der Waals surface area contributed by atoms with Gasteiger partial charge in [-0.2, -0.15) is 8.78 Å². The first-order chi connectivity index (χ1) is 13.6. The molecule has 0 aliphatic heterocycles. The van der Waals surface area contributed by atoms with Crippen molar-refractivity contribution in [1.82, 2.24) is 5.43 Å². The highest BCUT2D eigenvalue weighted by atomic mass is 19.3. The molecule has 2 rings (SSSR count). The summed E-state index contributed by atoms with van der Waals surface area (Å²) in [5.74, 6) is 11.9. The number of benzene rings is 1. The van der Waals surface area contributed by atoms with Crippen molar-refractivity contribution in [3.63, 3.8) is 0 Å². The van der Waals surface area contributed by atoms with Crippen LogP contribution in [0.4, 0.5) is 14.5 Å². The van der Waals surface area contributed by atoms with E-state index in [9.17, 15) is 13.6 Å². The number of alkyl halides is 2. The zero-order valence-corrected chi connectivity index (χ0v) is 15.2. The Morgan fingerprint density at radius 1 is 1.04 bits per heavy atom. The van der Waals surface area contributed by atoms with E-state index in [1.807, 2.05) is 42.1 Å². The molecule has 0 aliphatic carbocycles. The molecule has 1 heterocycles. The second kappa shape index (κ2) is 11.0. The van der Waals surface area contributed by atoms with Gasteiger partial charge in [0.25, 0.3) is 0 Å². The molecule has 0 radical (unpaired) electrons. The summed E-state index contributed by atoms with van der Waals surface area (Å²) < 4.78 is 26.3. The van der Waals surface area contributed by atoms with E-state index in [0.29, 0.717) is 12.1 Å². The Morgan fingerprint density at radius 2 is 1.75 bits per heavy atom. The van der Waals surface area contributed by atoms with E-state index in [2.05, 4.69) is 41.1 Å². The maximum Gasteiger partial charge on any atom is 0.317 e. The topological polar surface area (TPSA) is 45.0 Å². The number of hydrazine groups is 1. The number of halogens is 2. The van der Waals surface area contributed by atoms with Crippen LogP contribution in [0.5, 0.6) is 0 Å². The molecule has 1 amide bonds. The molecule has 2 N–H and O–H groups in total. The van der Waals surface area contributed by atoms with Crippen LogP contribution in [-0.4, -0.2) is 12.3 Å². The van der Waals surface area contributed by atoms with Crippen LogP contribution in [0, 0.1) is 35.6 Å². The number of para-hydroxylation sites is 1. The second-order valence-electron chi connectivity index (χ2n) is 5.55. The van der Waals surface area contributed by atoms with Gasteiger partial charge in [0.05, 0.1) is 11.6 Å². The highest BCUT2D eigenvalue weighted by molar-refractivity contribution is 5.80. The molecule has 0 spiro atoms. The van der Waals surface area contributed by atoms with Gasteiger partial charge in [-0.3, -0.25) is 15.6 Å². The number of pyridine rings is 1. The van der Waals surface area contributed by atoms with Crippen LogP contribution in [0.3, 0.4) is 0 Å². The van der Waals surface area contributed by atoms with Crippen LogP contribution < -0.4 is 15.4 Å². The molecule has 0 fully saturated rings. The van der Waals surface area contributed by atoms with Gasteiger partial charge in [-0.25, -0.2) is 0 Å². The summed E-state index contributed by atoms with van der Waals surface area (Å²) in [6, 6.07) is 14.0. The fourth-order valence-corrected chi connectivity index (χ4v) is 2.24. The number of hydrogen-bond donors (Lipinski definition) is 2. The smallest absolute Gasteiger partial charge is 0.298 e. The van der Waals surface area contributed by atoms with E-state index in [4.69, 9.17) is 0 Å². The van der Waals surface area contributed by atoms with Gasteiger partial charge < -0.3 is 0 Å². The van der Waals surface area contributed by atoms with Crippen LogP contribution >= 0.6 is 0 Å². The van der Waals surface area contributed by atoms with Gasteiger partial charge in [0, 0.05) is 18.1 Å². The summed E-state index contributed by atoms with van der Waals surface area (Å²) in [5, 5.41) is 0. The number of aryl methyl sites for hydroxylation is 2. The molecule has 1 aromatic carbocycles. The van der Waals surface area contributed by atoms with Crippen LogP contribution in [0.25, 0.3) is 0 Å². The number of amides is 1. The molecule has 28 heavy (non-hydrogen) atoms. The molecule has 0 aliphatic rings. The van der Waals surface area contributed by atoms with Crippen molar-refractivity contribution in [3.8, 4) is 35.6 Å². The van der Waals surface area contributed by atoms with E-state index in [-0.39, 0.29) is 0 Å². The van der Waals surface area contributed by atoms with Crippen LogP contribution in [0.15, 0.2) is 48.8 Å². The zero-order valence-electron chi connectivity index (χ0n) is 15.2. The summed E-state index contributed by atoms with van der Waals surface area (Å²) in [4.78, 5) is 11.0. The maximum atomic E-state index is 12.3. The number of hydrogen-bond acceptors (Lipinski definition) is 2. The van der Waals surface area contributed by atoms with Gasteiger partial charge >= 0.3 is 12.3 Å². The predicted octanol–water partition coefficient (Wildman–Crippen LogP) is 2.30. The Hall–Kier alpha value is -3.82. The Bertz CT molecular complexity index is 998. The van der Waals surface area contributed by atoms with Crippen molar-refractivity contribution in [1.29, 1.82) is 0 Å². The lowest BCUT2D eigenvalue weighted by molar-refractivity contribution is -0.583. The average molecular weight is 378 g/mol. The Morgan fingerprint density at radius 3 is 2.46 bits per heavy atom. The first kappa shape index (κ1) is 20.5. The quantitative estimate of drug-likeness (QED) is 0.460. The van der Waals surface area contributed by atoms with E-state index < -0.39 is 12.3 Å². The van der Waals surface area contributed by atoms with Crippen molar-refractivity contribution in [2.24, 2.45) is 0 Å². The van der Waals surface area contributed by atoms with Crippen LogP contribution in [-0.2, 0) is 17.6 Å². The number of aromatic nitrogens is 1. The Balaban J connectivity index is 1.96. The lowest BCUT2D eigenvalue weighted by Crippen LogP contribution is -2.34. The SMILES string of the molecule is CC#CC#CC#C[n+]1ccc(CCc2ccccc2NNC(=O)C(F)F)cc1. The normalized spacial score (nSPS) is 9.14. The average Bonchev–Trinajstić information content (AvgIpc) is 2.71. The van der Waals surface area contributed by atoms with Gasteiger partial charge in [0.15, 0.2) is 12.4 Å². The maximum absolute atomic E-state index is 12.3. The minimum Gasteiger partial charge on any atom is -0.298 e. The third kappa shape index (κ3) is 6.83. The molecule has 0 saturated heterocycles. The van der Waals surface area contributed by atoms with E-state index in [1.54, 1.807) is 23.6 Å². The second-order valence-corrected chi connectivity index (χ2v) is 5.55. The molecule has 0 unspecified atom stereocenters. The standard InChI is InChI=1S/C22H17F2N3O/c1-2-3-4-5-8-15-27-16-13-18(14-17-27)11-12-19-9-6-7-10-20(19)25-26-22(28)21(23)24/h6-7,9-10,13-14,16-17,21,25H,11-12H2,1H3/p+1. The summed E-state index contributed by atoms with van der Waals surface area (Å²) in [5.41, 5.74) is 7.13. The minimum absolute atomic E-state index is 0.585. The van der Waals surface area contributed by atoms with Crippen molar-refractivity contribution < 1.29 is 18.1 Å². The molecule has 2 aromatic rings. The van der Waals surface area contributed by atoms with Crippen molar-refractivity contribution in [3.05, 3.63) is 59.9 Å². The molecular formula is C22H18F2N3O+. The fourth-order valence-electron chi connectivity index (χ4n) is 2.24. The van der Waals surface area contributed by atoms with Crippen molar-refractivity contribution in [2.75, 3.05) is 5.43 Å². The number of rotatable bonds is 6. The monoisotopic (exact) mass is 378 g/mol. The highest BCUT2D eigenvalue weighted by Crippen LogP contribution is 2.16. The summed E-state index contributed by atoms with van der Waals surface area (Å²) in [6.07, 6.45) is 2.02. The largest absolute Gasteiger partial charge is 0.317 e. The zero-order chi connectivity index (χ0) is 20.2. The first-order valence-electron chi connectivity index (χ1n) is 8.45. The molecule has 1 aromatic heterocycles. The van der Waals surface area contributed by atoms with E-state index >= 15 is 0 Å². The third-order valence-corrected chi connectivity index (χ3v) is 3.61. The van der Waals surface area contributed by atoms with Gasteiger partial charge in [-0.1, -0.05) is 24.1 Å². The van der Waals surface area contributed by atoms with Gasteiger partial charge in [-0.05, 0) is 48.8 Å². The molecule has 140 valence electrons. The minimum atomic E-state index is -3.07. The summed E-state index contributed by atoms with van der Waals surface area (Å²) in [6.45, 7) is 1.71. The number of nitrogens with zero attached hydrogens (tertiary/aromatic N) is 1. The third-order valence-electron chi connectivity index (χ3n) is 3.61. The van der Waals surface area contributed by atoms with Crippen molar-refractivity contribution in [2.45, 2.75) is 26.2 Å². The summed E-state index contributed by atoms with van der Waals surface area (Å²) in [7, 11) is 0. The number of carbonyl (C=O) groups is 1. The number of carbonyl (C=O) groups excluding carboxylic acids is 1. The Labute approximate surface area is 162 Å². The molecular weight excluding hydrogens is 360 g/mol. The van der Waals surface area contributed by atoms with Crippen LogP contribution in [0.2, 0.25) is 0 Å². The van der Waals surface area contributed by atoms with Gasteiger partial charge in [0.2, 0.25) is 6.04 Å². The van der Waals surface area contributed by atoms with Gasteiger partial charge in [0.1, 0.15) is 0 Å². The first-order valence-corrected chi connectivity index (χ1v) is 8.45. The highest BCUT2D eigenvalue weighted by Gasteiger charge is 2.14. The molecule has 0 saturated carbocycles. The van der Waals surface area contributed by atoms with E-state index in [1.165, 1.54) is 0 Å². The summed E-state index contributed by atoms with van der Waals surface area (Å²) >= 11 is 0. The number of nitrogens with one attached hydrogen (secondary N) is 2. The lowest BCUT2D eigenvalue weighted by Gasteiger charge is -2.12. The fraction of sp³-hybridized carbons (Fsp3) is 0.182. The van der Waals surface area contributed by atoms with E-state index in [0.717, 1.165) is 17.5 Å². The molecule has 4 nitrogen and oxygen atoms in total. The van der Waals surface area contributed by atoms with Gasteiger partial charge in [-0.15, -0.1) is 4.57 Å². The predicted molar refractivity (Wildman–Crippen MR) is 103 cm³/mol. The molecule has 0 atom stereocenters. The molecule has 6 heteroatoms. The molecule has 0 bridgehead atoms. The lowest BCUT2D eigenvalue weighted by atomic mass is 10.0. The Kier molecular flexibility index (Phi) is 8.06. The van der Waals surface area contributed by atoms with Crippen LogP contribution in [0.1, 0.15) is 18.1 Å².